The SMILES string of the molecule is CCCCC/C=C/C/C=C/C/C=C/CCCCC(=O)O[C@H](COC(=O)/C=C/C=C/CCCCCCCCCCCCC)COP(=O)(O)O. The van der Waals surface area contributed by atoms with Gasteiger partial charge >= 0.3 is 19.8 Å². The summed E-state index contributed by atoms with van der Waals surface area (Å²) in [6.45, 7) is 3.50. The molecule has 0 aromatic carbocycles. The molecule has 0 radical (unpaired) electrons. The minimum atomic E-state index is -4.78. The lowest BCUT2D eigenvalue weighted by molar-refractivity contribution is -0.159. The number of hydrogen-bond donors (Lipinski definition) is 2. The molecule has 0 aliphatic carbocycles. The van der Waals surface area contributed by atoms with Crippen molar-refractivity contribution in [3.05, 3.63) is 60.8 Å². The molecular formula is C39H67O8P. The molecule has 0 saturated heterocycles. The largest absolute Gasteiger partial charge is 0.469 e. The van der Waals surface area contributed by atoms with Crippen molar-refractivity contribution in [3.8, 4) is 0 Å². The van der Waals surface area contributed by atoms with E-state index in [1.54, 1.807) is 12.2 Å². The molecule has 0 unspecified atom stereocenters. The topological polar surface area (TPSA) is 119 Å². The van der Waals surface area contributed by atoms with Crippen LogP contribution in [0.4, 0.5) is 0 Å². The van der Waals surface area contributed by atoms with Crippen molar-refractivity contribution < 1.29 is 37.9 Å². The van der Waals surface area contributed by atoms with Gasteiger partial charge in [0.05, 0.1) is 6.61 Å². The molecule has 0 aliphatic rings. The highest BCUT2D eigenvalue weighted by molar-refractivity contribution is 7.46. The summed E-state index contributed by atoms with van der Waals surface area (Å²) < 4.78 is 26.1. The molecule has 276 valence electrons. The highest BCUT2D eigenvalue weighted by atomic mass is 31.2. The average Bonchev–Trinajstić information content (AvgIpc) is 3.05. The minimum Gasteiger partial charge on any atom is -0.458 e. The Hall–Kier alpha value is -2.25. The number of carbonyl (C=O) groups excluding carboxylic acids is 2. The summed E-state index contributed by atoms with van der Waals surface area (Å²) in [6.07, 6.45) is 42.9. The van der Waals surface area contributed by atoms with Crippen LogP contribution in [0.5, 0.6) is 0 Å². The lowest BCUT2D eigenvalue weighted by Crippen LogP contribution is -2.29. The van der Waals surface area contributed by atoms with Crippen LogP contribution in [-0.4, -0.2) is 41.0 Å². The first kappa shape index (κ1) is 45.8. The van der Waals surface area contributed by atoms with Gasteiger partial charge in [-0.25, -0.2) is 9.36 Å². The van der Waals surface area contributed by atoms with Crippen molar-refractivity contribution in [2.75, 3.05) is 13.2 Å². The summed E-state index contributed by atoms with van der Waals surface area (Å²) >= 11 is 0. The number of unbranched alkanes of at least 4 members (excludes halogenated alkanes) is 16. The van der Waals surface area contributed by atoms with E-state index < -0.39 is 32.5 Å². The standard InChI is InChI=1S/C39H67O8P/c1-3-5-7-9-11-13-15-17-19-21-23-25-27-29-31-33-38(40)45-35-37(36-46-48(42,43)44)47-39(41)34-32-30-28-26-24-22-20-18-16-14-12-10-8-6-4-2/h12,14,18,20,24,26-27,29,31,33,37H,3-11,13,15-17,19,21-23,25,28,30,32,34-36H2,1-2H3,(H2,42,43,44)/b14-12+,20-18+,26-24+,29-27+,33-31+/t37-/m1/s1. The quantitative estimate of drug-likeness (QED) is 0.0174. The summed E-state index contributed by atoms with van der Waals surface area (Å²) in [5.41, 5.74) is 0. The van der Waals surface area contributed by atoms with Gasteiger partial charge in [-0.15, -0.1) is 0 Å². The van der Waals surface area contributed by atoms with Crippen molar-refractivity contribution >= 4 is 19.8 Å². The molecule has 1 atom stereocenters. The number of rotatable bonds is 33. The fraction of sp³-hybridized carbons (Fsp3) is 0.692. The highest BCUT2D eigenvalue weighted by Crippen LogP contribution is 2.35. The Morgan fingerprint density at radius 3 is 1.67 bits per heavy atom. The summed E-state index contributed by atoms with van der Waals surface area (Å²) in [6, 6.07) is 0. The normalized spacial score (nSPS) is 13.2. The monoisotopic (exact) mass is 694 g/mol. The first-order valence-corrected chi connectivity index (χ1v) is 20.2. The molecule has 0 spiro atoms. The Kier molecular flexibility index (Phi) is 33.0. The summed E-state index contributed by atoms with van der Waals surface area (Å²) in [4.78, 5) is 42.5. The van der Waals surface area contributed by atoms with E-state index >= 15 is 0 Å². The van der Waals surface area contributed by atoms with E-state index in [1.165, 1.54) is 89.5 Å². The van der Waals surface area contributed by atoms with E-state index in [-0.39, 0.29) is 13.0 Å². The molecule has 8 nitrogen and oxygen atoms in total. The second-order valence-corrected chi connectivity index (χ2v) is 13.5. The minimum absolute atomic E-state index is 0.141. The molecule has 0 aromatic rings. The van der Waals surface area contributed by atoms with Gasteiger partial charge in [-0.05, 0) is 57.8 Å². The Morgan fingerprint density at radius 1 is 0.604 bits per heavy atom. The summed E-state index contributed by atoms with van der Waals surface area (Å²) in [7, 11) is -4.78. The maximum Gasteiger partial charge on any atom is 0.469 e. The Labute approximate surface area is 292 Å². The Morgan fingerprint density at radius 2 is 1.08 bits per heavy atom. The van der Waals surface area contributed by atoms with Crippen LogP contribution in [0.2, 0.25) is 0 Å². The van der Waals surface area contributed by atoms with Crippen molar-refractivity contribution in [2.24, 2.45) is 0 Å². The second-order valence-electron chi connectivity index (χ2n) is 12.3. The van der Waals surface area contributed by atoms with E-state index in [2.05, 4.69) is 54.8 Å². The molecule has 0 fully saturated rings. The van der Waals surface area contributed by atoms with E-state index in [1.807, 2.05) is 6.08 Å². The van der Waals surface area contributed by atoms with Gasteiger partial charge in [-0.3, -0.25) is 9.32 Å². The molecule has 0 saturated carbocycles. The van der Waals surface area contributed by atoms with Crippen molar-refractivity contribution in [2.45, 2.75) is 161 Å². The van der Waals surface area contributed by atoms with Gasteiger partial charge in [-0.2, -0.15) is 0 Å². The lowest BCUT2D eigenvalue weighted by Gasteiger charge is -2.18. The third kappa shape index (κ3) is 36.6. The van der Waals surface area contributed by atoms with Crippen LogP contribution in [0.15, 0.2) is 60.8 Å². The molecule has 0 amide bonds. The molecule has 2 N–H and O–H groups in total. The van der Waals surface area contributed by atoms with Crippen LogP contribution >= 0.6 is 7.82 Å². The molecule has 0 aliphatic heterocycles. The molecule has 48 heavy (non-hydrogen) atoms. The first-order valence-electron chi connectivity index (χ1n) is 18.6. The molecule has 0 bridgehead atoms. The third-order valence-corrected chi connectivity index (χ3v) is 8.10. The van der Waals surface area contributed by atoms with Crippen molar-refractivity contribution in [1.29, 1.82) is 0 Å². The van der Waals surface area contributed by atoms with Crippen LogP contribution in [0, 0.1) is 0 Å². The molecular weight excluding hydrogens is 627 g/mol. The zero-order chi connectivity index (χ0) is 35.4. The van der Waals surface area contributed by atoms with Crippen molar-refractivity contribution in [1.82, 2.24) is 0 Å². The van der Waals surface area contributed by atoms with Gasteiger partial charge in [0.15, 0.2) is 6.10 Å². The van der Waals surface area contributed by atoms with Crippen LogP contribution in [0.25, 0.3) is 0 Å². The predicted molar refractivity (Wildman–Crippen MR) is 197 cm³/mol. The van der Waals surface area contributed by atoms with Crippen LogP contribution < -0.4 is 0 Å². The fourth-order valence-corrected chi connectivity index (χ4v) is 5.18. The van der Waals surface area contributed by atoms with E-state index in [0.717, 1.165) is 44.9 Å². The number of phosphoric ester groups is 1. The molecule has 0 aromatic heterocycles. The van der Waals surface area contributed by atoms with Gasteiger partial charge in [0.1, 0.15) is 6.61 Å². The Bertz CT molecular complexity index is 963. The third-order valence-electron chi connectivity index (χ3n) is 7.61. The second kappa shape index (κ2) is 34.6. The van der Waals surface area contributed by atoms with Gasteiger partial charge < -0.3 is 19.3 Å². The smallest absolute Gasteiger partial charge is 0.458 e. The predicted octanol–water partition coefficient (Wildman–Crippen LogP) is 11.0. The van der Waals surface area contributed by atoms with Gasteiger partial charge in [0.25, 0.3) is 0 Å². The maximum atomic E-state index is 12.3. The van der Waals surface area contributed by atoms with Gasteiger partial charge in [0, 0.05) is 12.5 Å². The zero-order valence-electron chi connectivity index (χ0n) is 30.1. The lowest BCUT2D eigenvalue weighted by atomic mass is 10.1. The van der Waals surface area contributed by atoms with Gasteiger partial charge in [0.2, 0.25) is 0 Å². The fourth-order valence-electron chi connectivity index (χ4n) is 4.82. The highest BCUT2D eigenvalue weighted by Gasteiger charge is 2.22. The molecule has 0 heterocycles. The number of phosphoric acid groups is 1. The maximum absolute atomic E-state index is 12.3. The number of esters is 2. The van der Waals surface area contributed by atoms with E-state index in [0.29, 0.717) is 6.42 Å². The van der Waals surface area contributed by atoms with E-state index in [9.17, 15) is 14.2 Å². The summed E-state index contributed by atoms with van der Waals surface area (Å²) in [5.74, 6) is -1.19. The van der Waals surface area contributed by atoms with Crippen LogP contribution in [0.3, 0.4) is 0 Å². The molecule has 9 heteroatoms. The molecule has 0 rings (SSSR count). The zero-order valence-corrected chi connectivity index (χ0v) is 31.0. The summed E-state index contributed by atoms with van der Waals surface area (Å²) in [5, 5.41) is 0. The number of carbonyl (C=O) groups is 2. The Balaban J connectivity index is 4.16. The van der Waals surface area contributed by atoms with Crippen LogP contribution in [0.1, 0.15) is 155 Å². The number of hydrogen-bond acceptors (Lipinski definition) is 6. The first-order chi connectivity index (χ1) is 23.3. The number of allylic oxidation sites excluding steroid dienone is 9. The van der Waals surface area contributed by atoms with E-state index in [4.69, 9.17) is 19.3 Å². The number of ether oxygens (including phenoxy) is 2. The van der Waals surface area contributed by atoms with Gasteiger partial charge in [-0.1, -0.05) is 146 Å². The average molecular weight is 695 g/mol. The van der Waals surface area contributed by atoms with Crippen LogP contribution in [-0.2, 0) is 28.2 Å². The van der Waals surface area contributed by atoms with Crippen molar-refractivity contribution in [3.63, 3.8) is 0 Å².